The van der Waals surface area contributed by atoms with Crippen LogP contribution < -0.4 is 14.2 Å². The monoisotopic (exact) mass is 439 g/mol. The fourth-order valence-corrected chi connectivity index (χ4v) is 3.94. The van der Waals surface area contributed by atoms with Crippen LogP contribution in [0.25, 0.3) is 0 Å². The zero-order chi connectivity index (χ0) is 23.3. The van der Waals surface area contributed by atoms with Crippen molar-refractivity contribution in [3.63, 3.8) is 0 Å². The molecule has 1 heterocycles. The van der Waals surface area contributed by atoms with E-state index in [4.69, 9.17) is 14.2 Å². The number of nitrogens with zero attached hydrogens (tertiary/aromatic N) is 2. The van der Waals surface area contributed by atoms with Gasteiger partial charge in [-0.2, -0.15) is 0 Å². The number of benzene rings is 2. The molecule has 0 saturated carbocycles. The summed E-state index contributed by atoms with van der Waals surface area (Å²) in [6.07, 6.45) is 1.90. The van der Waals surface area contributed by atoms with Crippen molar-refractivity contribution in [1.29, 1.82) is 0 Å². The number of carbonyl (C=O) groups excluding carboxylic acids is 2. The summed E-state index contributed by atoms with van der Waals surface area (Å²) < 4.78 is 16.6. The van der Waals surface area contributed by atoms with Gasteiger partial charge in [0.15, 0.2) is 11.5 Å². The lowest BCUT2D eigenvalue weighted by Crippen LogP contribution is -2.34. The second-order valence-electron chi connectivity index (χ2n) is 7.94. The minimum absolute atomic E-state index is 0.322. The molecule has 1 aliphatic rings. The summed E-state index contributed by atoms with van der Waals surface area (Å²) in [5, 5.41) is 0. The number of ether oxygens (including phenoxy) is 3. The fraction of sp³-hybridized carbons (Fsp3) is 0.400. The lowest BCUT2D eigenvalue weighted by molar-refractivity contribution is 0.0573. The Labute approximate surface area is 189 Å². The summed E-state index contributed by atoms with van der Waals surface area (Å²) in [6.45, 7) is 5.29. The predicted molar refractivity (Wildman–Crippen MR) is 122 cm³/mol. The van der Waals surface area contributed by atoms with Crippen molar-refractivity contribution in [3.8, 4) is 17.2 Å². The van der Waals surface area contributed by atoms with Crippen LogP contribution in [0.15, 0.2) is 36.4 Å². The third-order valence-corrected chi connectivity index (χ3v) is 5.50. The molecular formula is C25H31N2O5. The molecule has 3 rings (SSSR count). The summed E-state index contributed by atoms with van der Waals surface area (Å²) >= 11 is 0. The Morgan fingerprint density at radius 3 is 2.41 bits per heavy atom. The minimum atomic E-state index is -0.471. The van der Waals surface area contributed by atoms with Crippen LogP contribution in [-0.2, 0) is 0 Å². The van der Waals surface area contributed by atoms with Crippen molar-refractivity contribution >= 4 is 11.8 Å². The number of rotatable bonds is 11. The maximum atomic E-state index is 13.5. The van der Waals surface area contributed by atoms with Crippen molar-refractivity contribution < 1.29 is 23.8 Å². The van der Waals surface area contributed by atoms with Gasteiger partial charge in [-0.3, -0.25) is 14.5 Å². The van der Waals surface area contributed by atoms with Crippen LogP contribution in [0.4, 0.5) is 0 Å². The average molecular weight is 440 g/mol. The van der Waals surface area contributed by atoms with Crippen molar-refractivity contribution in [1.82, 2.24) is 9.80 Å². The highest BCUT2D eigenvalue weighted by molar-refractivity contribution is 6.22. The van der Waals surface area contributed by atoms with Gasteiger partial charge in [0.25, 0.3) is 11.8 Å². The maximum absolute atomic E-state index is 13.5. The molecule has 2 aromatic carbocycles. The summed E-state index contributed by atoms with van der Waals surface area (Å²) in [4.78, 5) is 30.2. The molecule has 0 aliphatic carbocycles. The first-order valence-corrected chi connectivity index (χ1v) is 10.7. The second-order valence-corrected chi connectivity index (χ2v) is 7.94. The summed E-state index contributed by atoms with van der Waals surface area (Å²) in [5.74, 6) is 0.905. The van der Waals surface area contributed by atoms with Crippen LogP contribution in [0.2, 0.25) is 0 Å². The Hall–Kier alpha value is -3.06. The lowest BCUT2D eigenvalue weighted by Gasteiger charge is -2.27. The van der Waals surface area contributed by atoms with E-state index in [0.29, 0.717) is 47.8 Å². The van der Waals surface area contributed by atoms with Gasteiger partial charge in [0, 0.05) is 6.54 Å². The van der Waals surface area contributed by atoms with Crippen LogP contribution in [0.1, 0.15) is 51.6 Å². The molecule has 0 saturated heterocycles. The topological polar surface area (TPSA) is 68.3 Å². The van der Waals surface area contributed by atoms with Crippen molar-refractivity contribution in [2.45, 2.75) is 25.3 Å². The molecule has 7 nitrogen and oxygen atoms in total. The van der Waals surface area contributed by atoms with Crippen molar-refractivity contribution in [2.24, 2.45) is 0 Å². The SMILES string of the molecule is [CH2]CCC(c1ccc(OC)c(OC)c1)N1C(=O)c2cccc(OCCCN(C)C)c2C1=O. The fourth-order valence-electron chi connectivity index (χ4n) is 3.94. The van der Waals surface area contributed by atoms with Gasteiger partial charge in [0.05, 0.1) is 38.0 Å². The normalized spacial score (nSPS) is 14.0. The highest BCUT2D eigenvalue weighted by Crippen LogP contribution is 2.40. The maximum Gasteiger partial charge on any atom is 0.265 e. The van der Waals surface area contributed by atoms with Crippen LogP contribution in [0.3, 0.4) is 0 Å². The molecule has 0 spiro atoms. The Bertz CT molecular complexity index is 973. The third-order valence-electron chi connectivity index (χ3n) is 5.50. The standard InChI is InChI=1S/C25H31N2O5/c1-6-9-19(17-12-13-20(30-4)22(16-17)31-5)27-24(28)18-10-7-11-21(23(18)25(27)29)32-15-8-14-26(2)3/h7,10-13,16,19H,1,6,8-9,14-15H2,2-5H3. The van der Waals surface area contributed by atoms with E-state index in [1.165, 1.54) is 4.90 Å². The summed E-state index contributed by atoms with van der Waals surface area (Å²) in [5.41, 5.74) is 1.49. The molecule has 2 aromatic rings. The number of hydrogen-bond acceptors (Lipinski definition) is 6. The van der Waals surface area contributed by atoms with Crippen LogP contribution in [0.5, 0.6) is 17.2 Å². The van der Waals surface area contributed by atoms with Gasteiger partial charge in [-0.05, 0) is 56.8 Å². The first kappa shape index (κ1) is 23.6. The lowest BCUT2D eigenvalue weighted by atomic mass is 10.00. The number of amides is 2. The van der Waals surface area contributed by atoms with Crippen LogP contribution >= 0.6 is 0 Å². The molecule has 171 valence electrons. The Morgan fingerprint density at radius 2 is 1.75 bits per heavy atom. The minimum Gasteiger partial charge on any atom is -0.493 e. The molecule has 0 bridgehead atoms. The zero-order valence-corrected chi connectivity index (χ0v) is 19.2. The van der Waals surface area contributed by atoms with E-state index < -0.39 is 6.04 Å². The predicted octanol–water partition coefficient (Wildman–Crippen LogP) is 3.99. The van der Waals surface area contributed by atoms with E-state index in [1.54, 1.807) is 44.6 Å². The number of imide groups is 1. The van der Waals surface area contributed by atoms with Gasteiger partial charge in [-0.1, -0.05) is 25.5 Å². The van der Waals surface area contributed by atoms with E-state index in [1.807, 2.05) is 20.2 Å². The van der Waals surface area contributed by atoms with E-state index in [9.17, 15) is 9.59 Å². The molecule has 32 heavy (non-hydrogen) atoms. The number of hydrogen-bond donors (Lipinski definition) is 0. The van der Waals surface area contributed by atoms with Crippen LogP contribution in [0, 0.1) is 6.92 Å². The van der Waals surface area contributed by atoms with Crippen molar-refractivity contribution in [3.05, 3.63) is 60.0 Å². The van der Waals surface area contributed by atoms with Gasteiger partial charge in [-0.25, -0.2) is 0 Å². The summed E-state index contributed by atoms with van der Waals surface area (Å²) in [6, 6.07) is 10.1. The molecule has 0 fully saturated rings. The molecule has 7 heteroatoms. The average Bonchev–Trinajstić information content (AvgIpc) is 3.05. The Kier molecular flexibility index (Phi) is 7.75. The van der Waals surface area contributed by atoms with E-state index in [2.05, 4.69) is 11.8 Å². The van der Waals surface area contributed by atoms with E-state index >= 15 is 0 Å². The molecule has 1 radical (unpaired) electrons. The highest BCUT2D eigenvalue weighted by Gasteiger charge is 2.42. The molecule has 1 aliphatic heterocycles. The first-order valence-electron chi connectivity index (χ1n) is 10.7. The smallest absolute Gasteiger partial charge is 0.265 e. The Balaban J connectivity index is 1.92. The molecular weight excluding hydrogens is 408 g/mol. The number of carbonyl (C=O) groups is 2. The number of methoxy groups -OCH3 is 2. The van der Waals surface area contributed by atoms with Crippen molar-refractivity contribution in [2.75, 3.05) is 41.5 Å². The molecule has 1 unspecified atom stereocenters. The van der Waals surface area contributed by atoms with Gasteiger partial charge < -0.3 is 19.1 Å². The Morgan fingerprint density at radius 1 is 1.00 bits per heavy atom. The second kappa shape index (κ2) is 10.5. The van der Waals surface area contributed by atoms with E-state index in [0.717, 1.165) is 18.5 Å². The van der Waals surface area contributed by atoms with Gasteiger partial charge >= 0.3 is 0 Å². The summed E-state index contributed by atoms with van der Waals surface area (Å²) in [7, 11) is 7.11. The number of fused-ring (bicyclic) bond motifs is 1. The van der Waals surface area contributed by atoms with Gasteiger partial charge in [0.1, 0.15) is 5.75 Å². The molecule has 0 N–H and O–H groups in total. The third kappa shape index (κ3) is 4.72. The molecule has 2 amide bonds. The molecule has 1 atom stereocenters. The quantitative estimate of drug-likeness (QED) is 0.390. The first-order chi connectivity index (χ1) is 15.4. The van der Waals surface area contributed by atoms with E-state index in [-0.39, 0.29) is 11.8 Å². The van der Waals surface area contributed by atoms with Gasteiger partial charge in [0.2, 0.25) is 0 Å². The zero-order valence-electron chi connectivity index (χ0n) is 19.2. The molecule has 0 aromatic heterocycles. The van der Waals surface area contributed by atoms with Crippen LogP contribution in [-0.4, -0.2) is 63.1 Å². The highest BCUT2D eigenvalue weighted by atomic mass is 16.5. The van der Waals surface area contributed by atoms with Gasteiger partial charge in [-0.15, -0.1) is 0 Å². The largest absolute Gasteiger partial charge is 0.493 e.